The van der Waals surface area contributed by atoms with Crippen molar-refractivity contribution >= 4 is 17.3 Å². The third kappa shape index (κ3) is 2.85. The van der Waals surface area contributed by atoms with E-state index in [9.17, 15) is 4.79 Å². The maximum atomic E-state index is 11.5. The minimum absolute atomic E-state index is 0.0758. The summed E-state index contributed by atoms with van der Waals surface area (Å²) in [6, 6.07) is 5.27. The zero-order chi connectivity index (χ0) is 13.8. The summed E-state index contributed by atoms with van der Waals surface area (Å²) in [5.74, 6) is -0.152. The van der Waals surface area contributed by atoms with Crippen LogP contribution in [0.4, 0.5) is 11.4 Å². The number of hydrogen-bond acceptors (Lipinski definition) is 4. The monoisotopic (exact) mass is 259 g/mol. The van der Waals surface area contributed by atoms with Gasteiger partial charge in [0.25, 0.3) is 5.91 Å². The molecule has 6 nitrogen and oxygen atoms in total. The Labute approximate surface area is 111 Å². The first-order chi connectivity index (χ1) is 9.11. The van der Waals surface area contributed by atoms with Gasteiger partial charge in [-0.05, 0) is 25.1 Å². The summed E-state index contributed by atoms with van der Waals surface area (Å²) in [6.45, 7) is 2.01. The lowest BCUT2D eigenvalue weighted by atomic mass is 10.1. The average molecular weight is 259 g/mol. The van der Waals surface area contributed by atoms with E-state index in [1.54, 1.807) is 31.4 Å². The summed E-state index contributed by atoms with van der Waals surface area (Å²) in [5, 5.41) is 12.5. The van der Waals surface area contributed by atoms with Gasteiger partial charge in [0.1, 0.15) is 0 Å². The maximum absolute atomic E-state index is 11.5. The second kappa shape index (κ2) is 5.43. The summed E-state index contributed by atoms with van der Waals surface area (Å²) in [6.07, 6.45) is 3.58. The van der Waals surface area contributed by atoms with Gasteiger partial charge >= 0.3 is 0 Å². The SMILES string of the molecule is CNC(=O)c1ccc(NC(C)c2cn[nH]c2)c(N)c1. The van der Waals surface area contributed by atoms with Crippen LogP contribution in [-0.2, 0) is 0 Å². The number of amides is 1. The van der Waals surface area contributed by atoms with Crippen molar-refractivity contribution in [1.82, 2.24) is 15.5 Å². The van der Waals surface area contributed by atoms with Crippen LogP contribution in [0.5, 0.6) is 0 Å². The van der Waals surface area contributed by atoms with E-state index < -0.39 is 0 Å². The van der Waals surface area contributed by atoms with Crippen molar-refractivity contribution in [2.75, 3.05) is 18.1 Å². The van der Waals surface area contributed by atoms with Crippen molar-refractivity contribution in [3.63, 3.8) is 0 Å². The Hall–Kier alpha value is -2.50. The van der Waals surface area contributed by atoms with Gasteiger partial charge in [-0.2, -0.15) is 5.10 Å². The normalized spacial score (nSPS) is 11.9. The van der Waals surface area contributed by atoms with Crippen molar-refractivity contribution in [2.24, 2.45) is 0 Å². The number of nitrogens with zero attached hydrogens (tertiary/aromatic N) is 1. The Bertz CT molecular complexity index is 564. The molecule has 0 saturated carbocycles. The largest absolute Gasteiger partial charge is 0.397 e. The molecule has 1 unspecified atom stereocenters. The highest BCUT2D eigenvalue weighted by molar-refractivity contribution is 5.95. The van der Waals surface area contributed by atoms with Crippen LogP contribution in [0.25, 0.3) is 0 Å². The number of aromatic amines is 1. The van der Waals surface area contributed by atoms with Crippen molar-refractivity contribution in [3.05, 3.63) is 41.7 Å². The lowest BCUT2D eigenvalue weighted by Crippen LogP contribution is -2.18. The van der Waals surface area contributed by atoms with Crippen LogP contribution in [0, 0.1) is 0 Å². The van der Waals surface area contributed by atoms with Crippen LogP contribution in [0.3, 0.4) is 0 Å². The molecule has 0 aliphatic rings. The summed E-state index contributed by atoms with van der Waals surface area (Å²) in [5.41, 5.74) is 8.86. The van der Waals surface area contributed by atoms with Gasteiger partial charge in [-0.15, -0.1) is 0 Å². The molecular formula is C13H17N5O. The highest BCUT2D eigenvalue weighted by Crippen LogP contribution is 2.24. The fourth-order valence-electron chi connectivity index (χ4n) is 1.79. The second-order valence-electron chi connectivity index (χ2n) is 4.28. The van der Waals surface area contributed by atoms with Crippen molar-refractivity contribution in [1.29, 1.82) is 0 Å². The maximum Gasteiger partial charge on any atom is 0.251 e. The number of nitrogens with one attached hydrogen (secondary N) is 3. The van der Waals surface area contributed by atoms with Crippen molar-refractivity contribution < 1.29 is 4.79 Å². The number of aromatic nitrogens is 2. The molecule has 0 bridgehead atoms. The molecule has 0 aliphatic carbocycles. The fourth-order valence-corrected chi connectivity index (χ4v) is 1.79. The molecular weight excluding hydrogens is 242 g/mol. The van der Waals surface area contributed by atoms with Gasteiger partial charge in [-0.25, -0.2) is 0 Å². The van der Waals surface area contributed by atoms with Gasteiger partial charge in [-0.3, -0.25) is 9.89 Å². The van der Waals surface area contributed by atoms with Gasteiger partial charge in [-0.1, -0.05) is 0 Å². The first-order valence-electron chi connectivity index (χ1n) is 5.98. The standard InChI is InChI=1S/C13H17N5O/c1-8(10-6-16-17-7-10)18-12-4-3-9(5-11(12)14)13(19)15-2/h3-8,18H,14H2,1-2H3,(H,15,19)(H,16,17). The van der Waals surface area contributed by atoms with Gasteiger partial charge in [0.15, 0.2) is 0 Å². The second-order valence-corrected chi connectivity index (χ2v) is 4.28. The molecule has 19 heavy (non-hydrogen) atoms. The topological polar surface area (TPSA) is 95.8 Å². The van der Waals surface area contributed by atoms with Crippen LogP contribution in [-0.4, -0.2) is 23.2 Å². The third-order valence-corrected chi connectivity index (χ3v) is 2.93. The quantitative estimate of drug-likeness (QED) is 0.626. The highest BCUT2D eigenvalue weighted by atomic mass is 16.1. The molecule has 1 amide bonds. The van der Waals surface area contributed by atoms with Crippen molar-refractivity contribution in [2.45, 2.75) is 13.0 Å². The summed E-state index contributed by atoms with van der Waals surface area (Å²) in [7, 11) is 1.59. The van der Waals surface area contributed by atoms with Gasteiger partial charge < -0.3 is 16.4 Å². The summed E-state index contributed by atoms with van der Waals surface area (Å²) < 4.78 is 0. The molecule has 1 aromatic heterocycles. The van der Waals surface area contributed by atoms with Gasteiger partial charge in [0.2, 0.25) is 0 Å². The number of H-pyrrole nitrogens is 1. The lowest BCUT2D eigenvalue weighted by molar-refractivity contribution is 0.0963. The van der Waals surface area contributed by atoms with Crippen LogP contribution in [0.15, 0.2) is 30.6 Å². The number of benzene rings is 1. The molecule has 1 aromatic carbocycles. The number of anilines is 2. The molecule has 0 fully saturated rings. The molecule has 2 aromatic rings. The zero-order valence-electron chi connectivity index (χ0n) is 10.9. The molecule has 0 radical (unpaired) electrons. The van der Waals surface area contributed by atoms with Crippen molar-refractivity contribution in [3.8, 4) is 0 Å². The predicted molar refractivity (Wildman–Crippen MR) is 74.9 cm³/mol. The minimum atomic E-state index is -0.152. The molecule has 1 heterocycles. The van der Waals surface area contributed by atoms with E-state index >= 15 is 0 Å². The molecule has 2 rings (SSSR count). The van der Waals surface area contributed by atoms with E-state index in [2.05, 4.69) is 20.8 Å². The first kappa shape index (κ1) is 12.9. The summed E-state index contributed by atoms with van der Waals surface area (Å²) >= 11 is 0. The number of nitrogen functional groups attached to an aromatic ring is 1. The van der Waals surface area contributed by atoms with Crippen LogP contribution >= 0.6 is 0 Å². The van der Waals surface area contributed by atoms with E-state index in [1.165, 1.54) is 0 Å². The fraction of sp³-hybridized carbons (Fsp3) is 0.231. The molecule has 1 atom stereocenters. The highest BCUT2D eigenvalue weighted by Gasteiger charge is 2.10. The number of rotatable bonds is 4. The number of carbonyl (C=O) groups is 1. The molecule has 6 heteroatoms. The Morgan fingerprint density at radius 2 is 2.26 bits per heavy atom. The smallest absolute Gasteiger partial charge is 0.251 e. The van der Waals surface area contributed by atoms with Gasteiger partial charge in [0.05, 0.1) is 23.6 Å². The molecule has 0 saturated heterocycles. The lowest BCUT2D eigenvalue weighted by Gasteiger charge is -2.16. The third-order valence-electron chi connectivity index (χ3n) is 2.93. The molecule has 5 N–H and O–H groups in total. The zero-order valence-corrected chi connectivity index (χ0v) is 10.9. The minimum Gasteiger partial charge on any atom is -0.397 e. The predicted octanol–water partition coefficient (Wildman–Crippen LogP) is 1.52. The average Bonchev–Trinajstić information content (AvgIpc) is 2.94. The van der Waals surface area contributed by atoms with Crippen LogP contribution < -0.4 is 16.4 Å². The summed E-state index contributed by atoms with van der Waals surface area (Å²) in [4.78, 5) is 11.5. The Kier molecular flexibility index (Phi) is 3.70. The van der Waals surface area contributed by atoms with E-state index in [-0.39, 0.29) is 11.9 Å². The van der Waals surface area contributed by atoms with E-state index in [4.69, 9.17) is 5.73 Å². The molecule has 0 aliphatic heterocycles. The number of hydrogen-bond donors (Lipinski definition) is 4. The Morgan fingerprint density at radius 3 is 2.84 bits per heavy atom. The number of nitrogens with two attached hydrogens (primary N) is 1. The Balaban J connectivity index is 2.15. The van der Waals surface area contributed by atoms with Gasteiger partial charge in [0, 0.05) is 24.4 Å². The first-order valence-corrected chi connectivity index (χ1v) is 5.98. The van der Waals surface area contributed by atoms with Crippen LogP contribution in [0.2, 0.25) is 0 Å². The molecule has 0 spiro atoms. The van der Waals surface area contributed by atoms with E-state index in [0.717, 1.165) is 11.3 Å². The van der Waals surface area contributed by atoms with Crippen LogP contribution in [0.1, 0.15) is 28.9 Å². The molecule has 100 valence electrons. The number of carbonyl (C=O) groups excluding carboxylic acids is 1. The van der Waals surface area contributed by atoms with E-state index in [1.807, 2.05) is 13.1 Å². The Morgan fingerprint density at radius 1 is 1.47 bits per heavy atom. The van der Waals surface area contributed by atoms with E-state index in [0.29, 0.717) is 11.3 Å².